The van der Waals surface area contributed by atoms with Gasteiger partial charge in [0.15, 0.2) is 0 Å². The largest absolute Gasteiger partial charge is 0.458 e. The van der Waals surface area contributed by atoms with Crippen molar-refractivity contribution in [2.24, 2.45) is 0 Å². The zero-order chi connectivity index (χ0) is 6.62. The van der Waals surface area contributed by atoms with Gasteiger partial charge in [-0.25, -0.2) is 0 Å². The fourth-order valence-electron chi connectivity index (χ4n) is 0.252. The molecule has 0 N–H and O–H groups in total. The molecule has 0 heterocycles. The maximum absolute atomic E-state index is 5.54. The van der Waals surface area contributed by atoms with Gasteiger partial charge in [-0.3, -0.25) is 0 Å². The van der Waals surface area contributed by atoms with Crippen molar-refractivity contribution in [1.29, 1.82) is 0 Å². The van der Waals surface area contributed by atoms with Crippen molar-refractivity contribution in [1.82, 2.24) is 0 Å². The molecular formula is C4H13OSi3. The summed E-state index contributed by atoms with van der Waals surface area (Å²) in [5.41, 5.74) is 1.90. The van der Waals surface area contributed by atoms with E-state index >= 15 is 0 Å². The summed E-state index contributed by atoms with van der Waals surface area (Å²) in [6.07, 6.45) is 0. The molecule has 0 rings (SSSR count). The van der Waals surface area contributed by atoms with Crippen LogP contribution in [-0.4, -0.2) is 27.4 Å². The van der Waals surface area contributed by atoms with Crippen LogP contribution in [0, 0.1) is 0 Å². The summed E-state index contributed by atoms with van der Waals surface area (Å²) in [4.78, 5) is 0. The van der Waals surface area contributed by atoms with E-state index in [1.807, 2.05) is 5.70 Å². The third-order valence-corrected chi connectivity index (χ3v) is 6.20. The highest BCUT2D eigenvalue weighted by Gasteiger charge is 2.11. The summed E-state index contributed by atoms with van der Waals surface area (Å²) < 4.78 is 5.54. The standard InChI is InChI=1S/C4H13OSi3/c1-4-7-5-8(2,3)6/h4,7H,1H2,2-3,6H3. The summed E-state index contributed by atoms with van der Waals surface area (Å²) in [7, 11) is 0.261. The van der Waals surface area contributed by atoms with E-state index in [1.165, 1.54) is 9.76 Å². The first-order valence-corrected chi connectivity index (χ1v) is 10.2. The maximum Gasteiger partial charge on any atom is 0.206 e. The van der Waals surface area contributed by atoms with Crippen LogP contribution in [-0.2, 0) is 4.12 Å². The first-order chi connectivity index (χ1) is 3.56. The molecule has 0 bridgehead atoms. The lowest BCUT2D eigenvalue weighted by atomic mass is 11.3. The monoisotopic (exact) mass is 161 g/mol. The van der Waals surface area contributed by atoms with Gasteiger partial charge in [0.05, 0.1) is 0 Å². The number of hydrogen-bond donors (Lipinski definition) is 0. The molecule has 0 aromatic rings. The highest BCUT2D eigenvalue weighted by molar-refractivity contribution is 7.13. The Morgan fingerprint density at radius 1 is 1.75 bits per heavy atom. The summed E-state index contributed by atoms with van der Waals surface area (Å²) in [6, 6.07) is 0. The molecule has 0 aliphatic heterocycles. The summed E-state index contributed by atoms with van der Waals surface area (Å²) in [5, 5.41) is 0. The van der Waals surface area contributed by atoms with Gasteiger partial charge in [-0.1, -0.05) is 5.70 Å². The highest BCUT2D eigenvalue weighted by atomic mass is 29.2. The molecule has 8 heavy (non-hydrogen) atoms. The molecule has 1 nitrogen and oxygen atoms in total. The molecule has 0 aliphatic carbocycles. The highest BCUT2D eigenvalue weighted by Crippen LogP contribution is 1.94. The second-order valence-corrected chi connectivity index (χ2v) is 15.7. The van der Waals surface area contributed by atoms with Crippen LogP contribution in [0.4, 0.5) is 0 Å². The molecular weight excluding hydrogens is 148 g/mol. The van der Waals surface area contributed by atoms with Crippen molar-refractivity contribution in [3.05, 3.63) is 12.3 Å². The zero-order valence-electron chi connectivity index (χ0n) is 5.77. The molecule has 0 atom stereocenters. The third kappa shape index (κ3) is 6.35. The van der Waals surface area contributed by atoms with Crippen LogP contribution >= 0.6 is 0 Å². The van der Waals surface area contributed by atoms with Gasteiger partial charge in [-0.15, -0.1) is 6.58 Å². The quantitative estimate of drug-likeness (QED) is 0.510. The molecule has 4 heteroatoms. The minimum Gasteiger partial charge on any atom is -0.458 e. The Morgan fingerprint density at radius 2 is 2.25 bits per heavy atom. The van der Waals surface area contributed by atoms with E-state index in [9.17, 15) is 0 Å². The van der Waals surface area contributed by atoms with Gasteiger partial charge in [0, 0.05) is 9.76 Å². The van der Waals surface area contributed by atoms with Crippen molar-refractivity contribution in [2.75, 3.05) is 0 Å². The van der Waals surface area contributed by atoms with Crippen molar-refractivity contribution < 1.29 is 4.12 Å². The predicted octanol–water partition coefficient (Wildman–Crippen LogP) is -0.435. The van der Waals surface area contributed by atoms with Crippen molar-refractivity contribution in [3.63, 3.8) is 0 Å². The second-order valence-electron chi connectivity index (χ2n) is 2.60. The lowest BCUT2D eigenvalue weighted by Crippen LogP contribution is -2.32. The average molecular weight is 161 g/mol. The minimum absolute atomic E-state index is 0.102. The fraction of sp³-hybridized carbons (Fsp3) is 0.500. The van der Waals surface area contributed by atoms with E-state index in [0.29, 0.717) is 0 Å². The molecule has 0 aromatic heterocycles. The van der Waals surface area contributed by atoms with Crippen LogP contribution in [0.2, 0.25) is 13.1 Å². The van der Waals surface area contributed by atoms with E-state index in [0.717, 1.165) is 0 Å². The molecule has 0 amide bonds. The van der Waals surface area contributed by atoms with Crippen LogP contribution in [0.1, 0.15) is 0 Å². The van der Waals surface area contributed by atoms with Crippen LogP contribution in [0.5, 0.6) is 0 Å². The first-order valence-electron chi connectivity index (χ1n) is 2.68. The van der Waals surface area contributed by atoms with E-state index in [1.54, 1.807) is 0 Å². The van der Waals surface area contributed by atoms with Gasteiger partial charge in [-0.05, 0) is 13.1 Å². The van der Waals surface area contributed by atoms with Gasteiger partial charge >= 0.3 is 0 Å². The van der Waals surface area contributed by atoms with E-state index < -0.39 is 7.83 Å². The zero-order valence-corrected chi connectivity index (χ0v) is 9.92. The Labute approximate surface area is 57.4 Å². The average Bonchev–Trinajstić information content (AvgIpc) is 1.59. The summed E-state index contributed by atoms with van der Waals surface area (Å²) in [5.74, 6) is 0. The molecule has 0 unspecified atom stereocenters. The van der Waals surface area contributed by atoms with E-state index in [2.05, 4.69) is 19.7 Å². The topological polar surface area (TPSA) is 9.23 Å². The molecule has 0 saturated carbocycles. The van der Waals surface area contributed by atoms with Crippen molar-refractivity contribution in [2.45, 2.75) is 13.1 Å². The summed E-state index contributed by atoms with van der Waals surface area (Å²) in [6.45, 7) is 8.10. The third-order valence-electron chi connectivity index (χ3n) is 0.518. The molecule has 1 radical (unpaired) electrons. The number of rotatable bonds is 3. The Morgan fingerprint density at radius 3 is 2.38 bits per heavy atom. The number of hydrogen-bond acceptors (Lipinski definition) is 1. The Hall–Kier alpha value is 0.351. The maximum atomic E-state index is 5.54. The minimum atomic E-state index is -1.07. The van der Waals surface area contributed by atoms with Crippen LogP contribution in [0.3, 0.4) is 0 Å². The van der Waals surface area contributed by atoms with Gasteiger partial charge < -0.3 is 4.12 Å². The SMILES string of the molecule is C=C[SiH]O[Si](C)(C)[SiH3]. The van der Waals surface area contributed by atoms with Gasteiger partial charge in [0.25, 0.3) is 0 Å². The Balaban J connectivity index is 3.24. The van der Waals surface area contributed by atoms with Crippen LogP contribution in [0.15, 0.2) is 12.3 Å². The normalized spacial score (nSPS) is 11.8. The molecule has 0 saturated heterocycles. The first kappa shape index (κ1) is 8.35. The van der Waals surface area contributed by atoms with Crippen molar-refractivity contribution in [3.8, 4) is 0 Å². The van der Waals surface area contributed by atoms with E-state index in [-0.39, 0.29) is 9.76 Å². The van der Waals surface area contributed by atoms with Gasteiger partial charge in [0.1, 0.15) is 7.83 Å². The molecule has 0 aliphatic rings. The smallest absolute Gasteiger partial charge is 0.206 e. The van der Waals surface area contributed by atoms with Gasteiger partial charge in [0.2, 0.25) is 9.76 Å². The summed E-state index contributed by atoms with van der Waals surface area (Å²) >= 11 is 0. The Bertz CT molecular complexity index is 75.8. The van der Waals surface area contributed by atoms with Crippen molar-refractivity contribution >= 4 is 27.4 Å². The second kappa shape index (κ2) is 3.39. The fourth-order valence-corrected chi connectivity index (χ4v) is 3.49. The molecule has 47 valence electrons. The lowest BCUT2D eigenvalue weighted by Gasteiger charge is -2.15. The Kier molecular flexibility index (Phi) is 3.54. The predicted molar refractivity (Wildman–Crippen MR) is 45.9 cm³/mol. The lowest BCUT2D eigenvalue weighted by molar-refractivity contribution is 0.624. The van der Waals surface area contributed by atoms with Crippen LogP contribution in [0.25, 0.3) is 0 Å². The molecule has 0 aromatic carbocycles. The van der Waals surface area contributed by atoms with Gasteiger partial charge in [-0.2, -0.15) is 0 Å². The molecule has 0 fully saturated rings. The molecule has 0 spiro atoms. The van der Waals surface area contributed by atoms with Crippen LogP contribution < -0.4 is 0 Å². The van der Waals surface area contributed by atoms with E-state index in [4.69, 9.17) is 4.12 Å².